The topological polar surface area (TPSA) is 47.9 Å². The van der Waals surface area contributed by atoms with E-state index in [2.05, 4.69) is 16.8 Å². The summed E-state index contributed by atoms with van der Waals surface area (Å²) in [4.78, 5) is 15.2. The lowest BCUT2D eigenvalue weighted by molar-refractivity contribution is -0.145. The van der Waals surface area contributed by atoms with E-state index in [4.69, 9.17) is 4.84 Å². The van der Waals surface area contributed by atoms with Crippen LogP contribution >= 0.6 is 0 Å². The van der Waals surface area contributed by atoms with Crippen molar-refractivity contribution in [3.05, 3.63) is 0 Å². The van der Waals surface area contributed by atoms with Gasteiger partial charge in [-0.05, 0) is 13.3 Å². The first-order valence-electron chi connectivity index (χ1n) is 3.93. The molecule has 0 aliphatic carbocycles. The maximum atomic E-state index is 10.5. The molecule has 0 spiro atoms. The average molecular weight is 173 g/mol. The molecule has 0 atom stereocenters. The molecule has 70 valence electrons. The number of oxime groups is 1. The molecule has 0 bridgehead atoms. The van der Waals surface area contributed by atoms with Crippen molar-refractivity contribution in [3.63, 3.8) is 0 Å². The van der Waals surface area contributed by atoms with Gasteiger partial charge in [-0.25, -0.2) is 4.79 Å². The first kappa shape index (κ1) is 10.9. The molecular formula is C8H15NO3. The zero-order valence-corrected chi connectivity index (χ0v) is 7.79. The Kier molecular flexibility index (Phi) is 6.05. The van der Waals surface area contributed by atoms with Crippen molar-refractivity contribution in [2.75, 3.05) is 13.7 Å². The number of carbonyl (C=O) groups excluding carboxylic acids is 1. The van der Waals surface area contributed by atoms with Crippen LogP contribution in [0.3, 0.4) is 0 Å². The summed E-state index contributed by atoms with van der Waals surface area (Å²) < 4.78 is 4.36. The minimum absolute atomic E-state index is 0.114. The number of hydrogen-bond donors (Lipinski definition) is 0. The standard InChI is InChI=1S/C8H15NO3/c1-4-5-7(2)9-12-6-8(10)11-3/h4-6H2,1-3H3/b9-7+. The molecule has 0 N–H and O–H groups in total. The predicted molar refractivity (Wildman–Crippen MR) is 46.0 cm³/mol. The summed E-state index contributed by atoms with van der Waals surface area (Å²) in [6.07, 6.45) is 1.91. The molecule has 0 aromatic carbocycles. The fraction of sp³-hybridized carbons (Fsp3) is 0.750. The first-order chi connectivity index (χ1) is 5.70. The van der Waals surface area contributed by atoms with Crippen LogP contribution in [0, 0.1) is 0 Å². The van der Waals surface area contributed by atoms with E-state index in [0.29, 0.717) is 0 Å². The third kappa shape index (κ3) is 5.70. The molecule has 0 aromatic heterocycles. The van der Waals surface area contributed by atoms with Crippen molar-refractivity contribution in [2.24, 2.45) is 5.16 Å². The lowest BCUT2D eigenvalue weighted by atomic mass is 10.2. The van der Waals surface area contributed by atoms with Crippen LogP contribution < -0.4 is 0 Å². The van der Waals surface area contributed by atoms with Gasteiger partial charge in [0.2, 0.25) is 6.61 Å². The van der Waals surface area contributed by atoms with E-state index >= 15 is 0 Å². The largest absolute Gasteiger partial charge is 0.466 e. The van der Waals surface area contributed by atoms with Gasteiger partial charge in [-0.1, -0.05) is 18.5 Å². The molecule has 0 unspecified atom stereocenters. The van der Waals surface area contributed by atoms with Gasteiger partial charge in [0.15, 0.2) is 0 Å². The summed E-state index contributed by atoms with van der Waals surface area (Å²) in [7, 11) is 1.31. The Morgan fingerprint density at radius 1 is 1.50 bits per heavy atom. The zero-order chi connectivity index (χ0) is 9.40. The van der Waals surface area contributed by atoms with Gasteiger partial charge in [-0.15, -0.1) is 0 Å². The van der Waals surface area contributed by atoms with Crippen LogP contribution in [-0.4, -0.2) is 25.4 Å². The van der Waals surface area contributed by atoms with Gasteiger partial charge < -0.3 is 9.57 Å². The van der Waals surface area contributed by atoms with Crippen molar-refractivity contribution >= 4 is 11.7 Å². The molecule has 0 saturated carbocycles. The van der Waals surface area contributed by atoms with Gasteiger partial charge in [0.05, 0.1) is 12.8 Å². The van der Waals surface area contributed by atoms with Crippen LogP contribution in [0.15, 0.2) is 5.16 Å². The smallest absolute Gasteiger partial charge is 0.346 e. The predicted octanol–water partition coefficient (Wildman–Crippen LogP) is 1.35. The quantitative estimate of drug-likeness (QED) is 0.358. The molecule has 0 aliphatic heterocycles. The van der Waals surface area contributed by atoms with E-state index in [0.717, 1.165) is 18.6 Å². The fourth-order valence-electron chi connectivity index (χ4n) is 0.662. The van der Waals surface area contributed by atoms with E-state index in [9.17, 15) is 4.79 Å². The molecule has 0 aliphatic rings. The number of methoxy groups -OCH3 is 1. The van der Waals surface area contributed by atoms with Crippen LogP contribution in [0.5, 0.6) is 0 Å². The van der Waals surface area contributed by atoms with Gasteiger partial charge >= 0.3 is 5.97 Å². The Bertz CT molecular complexity index is 166. The molecule has 0 rings (SSSR count). The van der Waals surface area contributed by atoms with Gasteiger partial charge in [-0.2, -0.15) is 0 Å². The SMILES string of the molecule is CCC/C(C)=N/OCC(=O)OC. The molecule has 0 aromatic rings. The second-order valence-corrected chi connectivity index (χ2v) is 2.43. The third-order valence-electron chi connectivity index (χ3n) is 1.24. The maximum absolute atomic E-state index is 10.5. The summed E-state index contributed by atoms with van der Waals surface area (Å²) >= 11 is 0. The minimum atomic E-state index is -0.414. The van der Waals surface area contributed by atoms with Crippen LogP contribution in [0.25, 0.3) is 0 Å². The van der Waals surface area contributed by atoms with E-state index in [1.165, 1.54) is 7.11 Å². The number of ether oxygens (including phenoxy) is 1. The third-order valence-corrected chi connectivity index (χ3v) is 1.24. The number of nitrogens with zero attached hydrogens (tertiary/aromatic N) is 1. The van der Waals surface area contributed by atoms with E-state index in [1.54, 1.807) is 0 Å². The van der Waals surface area contributed by atoms with Gasteiger partial charge in [-0.3, -0.25) is 0 Å². The number of esters is 1. The van der Waals surface area contributed by atoms with Gasteiger partial charge in [0, 0.05) is 0 Å². The lowest BCUT2D eigenvalue weighted by Gasteiger charge is -1.99. The Balaban J connectivity index is 3.52. The monoisotopic (exact) mass is 173 g/mol. The lowest BCUT2D eigenvalue weighted by Crippen LogP contribution is -2.08. The molecule has 0 amide bonds. The normalized spacial score (nSPS) is 11.1. The fourth-order valence-corrected chi connectivity index (χ4v) is 0.662. The first-order valence-corrected chi connectivity index (χ1v) is 3.93. The van der Waals surface area contributed by atoms with Crippen molar-refractivity contribution in [1.82, 2.24) is 0 Å². The van der Waals surface area contributed by atoms with Crippen LogP contribution in [0.1, 0.15) is 26.7 Å². The Morgan fingerprint density at radius 3 is 2.67 bits per heavy atom. The minimum Gasteiger partial charge on any atom is -0.466 e. The number of rotatable bonds is 5. The molecule has 12 heavy (non-hydrogen) atoms. The number of hydrogen-bond acceptors (Lipinski definition) is 4. The highest BCUT2D eigenvalue weighted by Crippen LogP contribution is 1.92. The average Bonchev–Trinajstić information content (AvgIpc) is 2.04. The summed E-state index contributed by atoms with van der Waals surface area (Å²) in [5, 5.41) is 3.72. The molecule has 0 radical (unpaired) electrons. The highest BCUT2D eigenvalue weighted by Gasteiger charge is 1.98. The Morgan fingerprint density at radius 2 is 2.17 bits per heavy atom. The van der Waals surface area contributed by atoms with Gasteiger partial charge in [0.1, 0.15) is 0 Å². The second kappa shape index (κ2) is 6.64. The summed E-state index contributed by atoms with van der Waals surface area (Å²) in [5.74, 6) is -0.414. The second-order valence-electron chi connectivity index (χ2n) is 2.43. The van der Waals surface area contributed by atoms with Crippen LogP contribution in [0.2, 0.25) is 0 Å². The molecule has 0 saturated heterocycles. The van der Waals surface area contributed by atoms with Crippen LogP contribution in [0.4, 0.5) is 0 Å². The highest BCUT2D eigenvalue weighted by molar-refractivity contribution is 5.81. The van der Waals surface area contributed by atoms with Crippen molar-refractivity contribution < 1.29 is 14.4 Å². The Hall–Kier alpha value is -1.06. The summed E-state index contributed by atoms with van der Waals surface area (Å²) in [6.45, 7) is 3.80. The summed E-state index contributed by atoms with van der Waals surface area (Å²) in [6, 6.07) is 0. The summed E-state index contributed by atoms with van der Waals surface area (Å²) in [5.41, 5.74) is 0.890. The highest BCUT2D eigenvalue weighted by atomic mass is 16.6. The molecular weight excluding hydrogens is 158 g/mol. The van der Waals surface area contributed by atoms with E-state index in [-0.39, 0.29) is 6.61 Å². The van der Waals surface area contributed by atoms with Gasteiger partial charge in [0.25, 0.3) is 0 Å². The molecule has 0 fully saturated rings. The van der Waals surface area contributed by atoms with Crippen molar-refractivity contribution in [1.29, 1.82) is 0 Å². The zero-order valence-electron chi connectivity index (χ0n) is 7.79. The van der Waals surface area contributed by atoms with E-state index < -0.39 is 5.97 Å². The molecule has 0 heterocycles. The van der Waals surface area contributed by atoms with Crippen LogP contribution in [-0.2, 0) is 14.4 Å². The molecule has 4 nitrogen and oxygen atoms in total. The van der Waals surface area contributed by atoms with Crippen molar-refractivity contribution in [3.8, 4) is 0 Å². The van der Waals surface area contributed by atoms with E-state index in [1.807, 2.05) is 6.92 Å². The Labute approximate surface area is 72.5 Å². The maximum Gasteiger partial charge on any atom is 0.346 e. The molecule has 4 heteroatoms. The number of carbonyl (C=O) groups is 1. The van der Waals surface area contributed by atoms with Crippen molar-refractivity contribution in [2.45, 2.75) is 26.7 Å².